The summed E-state index contributed by atoms with van der Waals surface area (Å²) in [5.41, 5.74) is 3.34. The van der Waals surface area contributed by atoms with Crippen molar-refractivity contribution in [3.05, 3.63) is 89.0 Å². The quantitative estimate of drug-likeness (QED) is 0.251. The van der Waals surface area contributed by atoms with Gasteiger partial charge in [-0.25, -0.2) is 0 Å². The molecule has 1 saturated heterocycles. The first-order valence-corrected chi connectivity index (χ1v) is 12.2. The van der Waals surface area contributed by atoms with Gasteiger partial charge in [-0.05, 0) is 55.3 Å². The average molecular weight is 501 g/mol. The Morgan fingerprint density at radius 3 is 2.35 bits per heavy atom. The number of hydrogen-bond donors (Lipinski definition) is 1. The standard InChI is InChI=1S/C30H32N2O5/c1-6-17-37-25-10-8-7-9-23(25)32-27(20-12-14-21(15-13-20)31(3)4)26(29(34)30(32)35)28(33)22-18-19(2)11-16-24(22)36-5/h7-16,18,27,33H,6,17H2,1-5H3/b28-26+. The van der Waals surface area contributed by atoms with Crippen molar-refractivity contribution in [1.29, 1.82) is 0 Å². The second kappa shape index (κ2) is 10.8. The Bertz CT molecular complexity index is 1340. The van der Waals surface area contributed by atoms with E-state index in [-0.39, 0.29) is 11.3 Å². The summed E-state index contributed by atoms with van der Waals surface area (Å²) in [6, 6.07) is 19.2. The second-order valence-electron chi connectivity index (χ2n) is 9.17. The van der Waals surface area contributed by atoms with E-state index in [0.717, 1.165) is 17.7 Å². The highest BCUT2D eigenvalue weighted by Gasteiger charge is 2.48. The zero-order valence-electron chi connectivity index (χ0n) is 21.8. The number of anilines is 2. The molecule has 0 aliphatic carbocycles. The number of hydrogen-bond acceptors (Lipinski definition) is 6. The number of para-hydroxylation sites is 2. The van der Waals surface area contributed by atoms with E-state index in [2.05, 4.69) is 0 Å². The van der Waals surface area contributed by atoms with Crippen molar-refractivity contribution in [3.8, 4) is 11.5 Å². The van der Waals surface area contributed by atoms with E-state index in [1.165, 1.54) is 12.0 Å². The van der Waals surface area contributed by atoms with Crippen molar-refractivity contribution in [2.24, 2.45) is 0 Å². The molecule has 1 N–H and O–H groups in total. The number of nitrogens with zero attached hydrogens (tertiary/aromatic N) is 2. The lowest BCUT2D eigenvalue weighted by molar-refractivity contribution is -0.132. The first-order chi connectivity index (χ1) is 17.8. The van der Waals surface area contributed by atoms with Crippen LogP contribution in [0.3, 0.4) is 0 Å². The zero-order chi connectivity index (χ0) is 26.7. The van der Waals surface area contributed by atoms with Gasteiger partial charge in [0.1, 0.15) is 17.3 Å². The van der Waals surface area contributed by atoms with E-state index in [0.29, 0.717) is 34.9 Å². The molecule has 0 saturated carbocycles. The molecule has 7 nitrogen and oxygen atoms in total. The smallest absolute Gasteiger partial charge is 0.300 e. The van der Waals surface area contributed by atoms with E-state index in [1.54, 1.807) is 30.3 Å². The van der Waals surface area contributed by atoms with Crippen LogP contribution in [0.1, 0.15) is 36.1 Å². The minimum Gasteiger partial charge on any atom is -0.507 e. The van der Waals surface area contributed by atoms with Crippen molar-refractivity contribution in [3.63, 3.8) is 0 Å². The van der Waals surface area contributed by atoms with E-state index in [4.69, 9.17) is 9.47 Å². The molecule has 0 radical (unpaired) electrons. The predicted molar refractivity (Wildman–Crippen MR) is 146 cm³/mol. The molecular formula is C30H32N2O5. The Morgan fingerprint density at radius 1 is 1.00 bits per heavy atom. The van der Waals surface area contributed by atoms with Crippen molar-refractivity contribution in [1.82, 2.24) is 0 Å². The van der Waals surface area contributed by atoms with E-state index < -0.39 is 17.7 Å². The number of ketones is 1. The van der Waals surface area contributed by atoms with Gasteiger partial charge in [-0.1, -0.05) is 42.8 Å². The van der Waals surface area contributed by atoms with Gasteiger partial charge in [0.15, 0.2) is 0 Å². The topological polar surface area (TPSA) is 79.3 Å². The fourth-order valence-electron chi connectivity index (χ4n) is 4.49. The minimum absolute atomic E-state index is 0.00297. The number of carbonyl (C=O) groups is 2. The molecule has 1 aliphatic heterocycles. The number of Topliss-reactive ketones (excluding diaryl/α,β-unsaturated/α-hetero) is 1. The van der Waals surface area contributed by atoms with Crippen LogP contribution in [0.15, 0.2) is 72.3 Å². The maximum atomic E-state index is 13.6. The van der Waals surface area contributed by atoms with Gasteiger partial charge < -0.3 is 19.5 Å². The van der Waals surface area contributed by atoms with Crippen molar-refractivity contribution >= 4 is 28.8 Å². The third-order valence-corrected chi connectivity index (χ3v) is 6.37. The van der Waals surface area contributed by atoms with Gasteiger partial charge in [0.25, 0.3) is 11.7 Å². The molecule has 1 fully saturated rings. The largest absolute Gasteiger partial charge is 0.507 e. The van der Waals surface area contributed by atoms with Crippen LogP contribution < -0.4 is 19.3 Å². The van der Waals surface area contributed by atoms with Crippen LogP contribution in [0.25, 0.3) is 5.76 Å². The maximum absolute atomic E-state index is 13.6. The summed E-state index contributed by atoms with van der Waals surface area (Å²) in [5, 5.41) is 11.6. The first kappa shape index (κ1) is 25.8. The highest BCUT2D eigenvalue weighted by molar-refractivity contribution is 6.52. The van der Waals surface area contributed by atoms with Crippen LogP contribution in [0.4, 0.5) is 11.4 Å². The normalized spacial score (nSPS) is 16.7. The van der Waals surface area contributed by atoms with Crippen LogP contribution in [0.5, 0.6) is 11.5 Å². The molecule has 1 aliphatic rings. The van der Waals surface area contributed by atoms with E-state index >= 15 is 0 Å². The number of rotatable bonds is 8. The summed E-state index contributed by atoms with van der Waals surface area (Å²) in [4.78, 5) is 30.6. The monoisotopic (exact) mass is 500 g/mol. The molecule has 1 heterocycles. The number of aryl methyl sites for hydroxylation is 1. The molecule has 1 amide bonds. The van der Waals surface area contributed by atoms with Crippen LogP contribution in [0, 0.1) is 6.92 Å². The minimum atomic E-state index is -0.868. The second-order valence-corrected chi connectivity index (χ2v) is 9.17. The van der Waals surface area contributed by atoms with Crippen molar-refractivity contribution < 1.29 is 24.2 Å². The summed E-state index contributed by atoms with van der Waals surface area (Å²) in [6.45, 7) is 4.34. The summed E-state index contributed by atoms with van der Waals surface area (Å²) >= 11 is 0. The lowest BCUT2D eigenvalue weighted by Crippen LogP contribution is -2.30. The van der Waals surface area contributed by atoms with Gasteiger partial charge in [-0.15, -0.1) is 0 Å². The number of aliphatic hydroxyl groups excluding tert-OH is 1. The van der Waals surface area contributed by atoms with Crippen LogP contribution >= 0.6 is 0 Å². The predicted octanol–water partition coefficient (Wildman–Crippen LogP) is 5.48. The molecule has 37 heavy (non-hydrogen) atoms. The summed E-state index contributed by atoms with van der Waals surface area (Å²) in [5.74, 6) is -0.887. The van der Waals surface area contributed by atoms with Gasteiger partial charge in [-0.2, -0.15) is 0 Å². The summed E-state index contributed by atoms with van der Waals surface area (Å²) in [6.07, 6.45) is 0.787. The molecular weight excluding hydrogens is 468 g/mol. The molecule has 192 valence electrons. The molecule has 1 atom stereocenters. The Morgan fingerprint density at radius 2 is 1.70 bits per heavy atom. The number of aliphatic hydroxyl groups is 1. The van der Waals surface area contributed by atoms with Gasteiger partial charge in [0.2, 0.25) is 0 Å². The molecule has 3 aromatic rings. The Labute approximate surface area is 217 Å². The number of amides is 1. The Kier molecular flexibility index (Phi) is 7.53. The maximum Gasteiger partial charge on any atom is 0.300 e. The summed E-state index contributed by atoms with van der Waals surface area (Å²) in [7, 11) is 5.37. The fourth-order valence-corrected chi connectivity index (χ4v) is 4.49. The van der Waals surface area contributed by atoms with Gasteiger partial charge >= 0.3 is 0 Å². The SMILES string of the molecule is CCCOc1ccccc1N1C(=O)C(=O)/C(=C(/O)c2cc(C)ccc2OC)C1c1ccc(N(C)C)cc1. The van der Waals surface area contributed by atoms with Crippen LogP contribution in [0.2, 0.25) is 0 Å². The van der Waals surface area contributed by atoms with Gasteiger partial charge in [-0.3, -0.25) is 14.5 Å². The van der Waals surface area contributed by atoms with Gasteiger partial charge in [0.05, 0.1) is 36.6 Å². The number of ether oxygens (including phenoxy) is 2. The zero-order valence-corrected chi connectivity index (χ0v) is 21.8. The molecule has 0 bridgehead atoms. The third kappa shape index (κ3) is 4.89. The fraction of sp³-hybridized carbons (Fsp3) is 0.267. The average Bonchev–Trinajstić information content (AvgIpc) is 3.17. The molecule has 4 rings (SSSR count). The van der Waals surface area contributed by atoms with E-state index in [1.807, 2.05) is 69.2 Å². The summed E-state index contributed by atoms with van der Waals surface area (Å²) < 4.78 is 11.4. The van der Waals surface area contributed by atoms with Gasteiger partial charge in [0, 0.05) is 19.8 Å². The van der Waals surface area contributed by atoms with Crippen molar-refractivity contribution in [2.45, 2.75) is 26.3 Å². The van der Waals surface area contributed by atoms with Crippen LogP contribution in [-0.4, -0.2) is 44.6 Å². The molecule has 0 aromatic heterocycles. The lowest BCUT2D eigenvalue weighted by atomic mass is 9.94. The third-order valence-electron chi connectivity index (χ3n) is 6.37. The number of benzene rings is 3. The molecule has 0 spiro atoms. The first-order valence-electron chi connectivity index (χ1n) is 12.2. The van der Waals surface area contributed by atoms with Crippen LogP contribution in [-0.2, 0) is 9.59 Å². The van der Waals surface area contributed by atoms with E-state index in [9.17, 15) is 14.7 Å². The molecule has 3 aromatic carbocycles. The highest BCUT2D eigenvalue weighted by Crippen LogP contribution is 2.46. The number of methoxy groups -OCH3 is 1. The Balaban J connectivity index is 1.97. The number of carbonyl (C=O) groups excluding carboxylic acids is 2. The Hall–Kier alpha value is -4.26. The lowest BCUT2D eigenvalue weighted by Gasteiger charge is -2.27. The molecule has 1 unspecified atom stereocenters. The molecule has 7 heteroatoms. The van der Waals surface area contributed by atoms with Crippen molar-refractivity contribution in [2.75, 3.05) is 37.6 Å². The highest BCUT2D eigenvalue weighted by atomic mass is 16.5.